The van der Waals surface area contributed by atoms with Crippen molar-refractivity contribution in [3.05, 3.63) is 41.3 Å². The molecular weight excluding hydrogens is 216 g/mol. The van der Waals surface area contributed by atoms with Crippen molar-refractivity contribution in [2.75, 3.05) is 0 Å². The Labute approximate surface area is 101 Å². The number of thioether (sulfide) groups is 1. The first-order valence-corrected chi connectivity index (χ1v) is 6.64. The van der Waals surface area contributed by atoms with Crippen molar-refractivity contribution >= 4 is 17.5 Å². The standard InChI is InChI=1S/C14H16OS/c15-13-10-6-1-2-7-11-14(13)16-12-8-4-3-5-9-12/h3-5,8-9,11H,1-2,6-7,10H2. The van der Waals surface area contributed by atoms with Crippen molar-refractivity contribution in [1.82, 2.24) is 0 Å². The molecule has 84 valence electrons. The first-order chi connectivity index (χ1) is 7.86. The van der Waals surface area contributed by atoms with Crippen LogP contribution in [0.2, 0.25) is 0 Å². The molecule has 0 spiro atoms. The Morgan fingerprint density at radius 3 is 2.62 bits per heavy atom. The van der Waals surface area contributed by atoms with Gasteiger partial charge in [-0.05, 0) is 31.4 Å². The number of Topliss-reactive ketones (excluding diaryl/α,β-unsaturated/α-hetero) is 1. The first-order valence-electron chi connectivity index (χ1n) is 5.82. The number of carbonyl (C=O) groups excluding carboxylic acids is 1. The minimum Gasteiger partial charge on any atom is -0.294 e. The molecule has 2 rings (SSSR count). The lowest BCUT2D eigenvalue weighted by Crippen LogP contribution is -2.02. The summed E-state index contributed by atoms with van der Waals surface area (Å²) in [5.74, 6) is 0.313. The van der Waals surface area contributed by atoms with Gasteiger partial charge in [-0.1, -0.05) is 42.5 Å². The van der Waals surface area contributed by atoms with Crippen LogP contribution in [0.5, 0.6) is 0 Å². The molecule has 0 aliphatic heterocycles. The van der Waals surface area contributed by atoms with Crippen LogP contribution < -0.4 is 0 Å². The predicted molar refractivity (Wildman–Crippen MR) is 68.5 cm³/mol. The van der Waals surface area contributed by atoms with Gasteiger partial charge in [0.15, 0.2) is 5.78 Å². The fourth-order valence-corrected chi connectivity index (χ4v) is 2.76. The zero-order chi connectivity index (χ0) is 11.2. The van der Waals surface area contributed by atoms with Gasteiger partial charge in [-0.2, -0.15) is 0 Å². The molecule has 0 atom stereocenters. The predicted octanol–water partition coefficient (Wildman–Crippen LogP) is 4.20. The maximum atomic E-state index is 11.9. The number of rotatable bonds is 2. The molecule has 0 heterocycles. The zero-order valence-electron chi connectivity index (χ0n) is 9.32. The smallest absolute Gasteiger partial charge is 0.169 e. The van der Waals surface area contributed by atoms with Gasteiger partial charge in [-0.3, -0.25) is 4.79 Å². The minimum absolute atomic E-state index is 0.313. The fourth-order valence-electron chi connectivity index (χ4n) is 1.79. The van der Waals surface area contributed by atoms with E-state index in [-0.39, 0.29) is 0 Å². The molecule has 16 heavy (non-hydrogen) atoms. The first kappa shape index (κ1) is 11.5. The number of allylic oxidation sites excluding steroid dienone is 2. The molecule has 0 bridgehead atoms. The summed E-state index contributed by atoms with van der Waals surface area (Å²) in [6, 6.07) is 10.1. The highest BCUT2D eigenvalue weighted by molar-refractivity contribution is 8.04. The van der Waals surface area contributed by atoms with Crippen LogP contribution >= 0.6 is 11.8 Å². The lowest BCUT2D eigenvalue weighted by atomic mass is 10.1. The van der Waals surface area contributed by atoms with E-state index >= 15 is 0 Å². The summed E-state index contributed by atoms with van der Waals surface area (Å²) in [5, 5.41) is 0. The summed E-state index contributed by atoms with van der Waals surface area (Å²) in [5.41, 5.74) is 0. The van der Waals surface area contributed by atoms with E-state index in [1.54, 1.807) is 11.8 Å². The molecule has 1 aromatic carbocycles. The summed E-state index contributed by atoms with van der Waals surface area (Å²) in [7, 11) is 0. The molecule has 1 nitrogen and oxygen atoms in total. The highest BCUT2D eigenvalue weighted by Crippen LogP contribution is 2.30. The van der Waals surface area contributed by atoms with Crippen molar-refractivity contribution < 1.29 is 4.79 Å². The third kappa shape index (κ3) is 3.24. The number of benzene rings is 1. The second-order valence-corrected chi connectivity index (χ2v) is 5.12. The van der Waals surface area contributed by atoms with E-state index in [1.807, 2.05) is 18.2 Å². The molecule has 1 aliphatic carbocycles. The average molecular weight is 232 g/mol. The van der Waals surface area contributed by atoms with E-state index < -0.39 is 0 Å². The van der Waals surface area contributed by atoms with Crippen LogP contribution in [0.25, 0.3) is 0 Å². The van der Waals surface area contributed by atoms with Crippen LogP contribution in [0.3, 0.4) is 0 Å². The van der Waals surface area contributed by atoms with Crippen LogP contribution in [0.4, 0.5) is 0 Å². The van der Waals surface area contributed by atoms with E-state index in [2.05, 4.69) is 18.2 Å². The Kier molecular flexibility index (Phi) is 4.23. The van der Waals surface area contributed by atoms with Gasteiger partial charge in [0, 0.05) is 11.3 Å². The summed E-state index contributed by atoms with van der Waals surface area (Å²) in [4.78, 5) is 14.0. The van der Waals surface area contributed by atoms with E-state index in [4.69, 9.17) is 0 Å². The quantitative estimate of drug-likeness (QED) is 0.760. The van der Waals surface area contributed by atoms with E-state index in [9.17, 15) is 4.79 Å². The molecule has 0 saturated heterocycles. The average Bonchev–Trinajstić information content (AvgIpc) is 2.30. The Bertz CT molecular complexity index is 381. The topological polar surface area (TPSA) is 17.1 Å². The molecule has 0 N–H and O–H groups in total. The Morgan fingerprint density at radius 1 is 1.00 bits per heavy atom. The number of hydrogen-bond acceptors (Lipinski definition) is 2. The molecule has 0 aromatic heterocycles. The fraction of sp³-hybridized carbons (Fsp3) is 0.357. The summed E-state index contributed by atoms with van der Waals surface area (Å²) in [6.45, 7) is 0. The largest absolute Gasteiger partial charge is 0.294 e. The van der Waals surface area contributed by atoms with Crippen molar-refractivity contribution in [2.45, 2.75) is 37.0 Å². The van der Waals surface area contributed by atoms with Gasteiger partial charge >= 0.3 is 0 Å². The van der Waals surface area contributed by atoms with Gasteiger partial charge in [-0.15, -0.1) is 0 Å². The zero-order valence-corrected chi connectivity index (χ0v) is 10.1. The molecule has 2 heteroatoms. The number of carbonyl (C=O) groups is 1. The monoisotopic (exact) mass is 232 g/mol. The van der Waals surface area contributed by atoms with Gasteiger partial charge in [0.2, 0.25) is 0 Å². The van der Waals surface area contributed by atoms with Crippen LogP contribution in [0, 0.1) is 0 Å². The SMILES string of the molecule is O=C1CCCCCC=C1Sc1ccccc1. The maximum absolute atomic E-state index is 11.9. The van der Waals surface area contributed by atoms with E-state index in [0.29, 0.717) is 12.2 Å². The van der Waals surface area contributed by atoms with Gasteiger partial charge in [0.05, 0.1) is 4.91 Å². The van der Waals surface area contributed by atoms with Gasteiger partial charge in [0.25, 0.3) is 0 Å². The molecule has 0 unspecified atom stereocenters. The molecule has 1 aliphatic rings. The second kappa shape index (κ2) is 5.90. The van der Waals surface area contributed by atoms with Crippen LogP contribution in [0.1, 0.15) is 32.1 Å². The highest BCUT2D eigenvalue weighted by Gasteiger charge is 2.12. The third-order valence-electron chi connectivity index (χ3n) is 2.68. The van der Waals surface area contributed by atoms with Crippen molar-refractivity contribution in [2.24, 2.45) is 0 Å². The van der Waals surface area contributed by atoms with Gasteiger partial charge in [-0.25, -0.2) is 0 Å². The summed E-state index contributed by atoms with van der Waals surface area (Å²) in [6.07, 6.45) is 7.31. The van der Waals surface area contributed by atoms with Gasteiger partial charge in [0.1, 0.15) is 0 Å². The van der Waals surface area contributed by atoms with E-state index in [0.717, 1.165) is 22.6 Å². The molecule has 0 fully saturated rings. The Morgan fingerprint density at radius 2 is 1.81 bits per heavy atom. The van der Waals surface area contributed by atoms with Crippen molar-refractivity contribution in [3.8, 4) is 0 Å². The highest BCUT2D eigenvalue weighted by atomic mass is 32.2. The second-order valence-electron chi connectivity index (χ2n) is 4.01. The number of ketones is 1. The normalized spacial score (nSPS) is 17.5. The maximum Gasteiger partial charge on any atom is 0.169 e. The molecule has 0 radical (unpaired) electrons. The van der Waals surface area contributed by atoms with Crippen molar-refractivity contribution in [3.63, 3.8) is 0 Å². The molecule has 0 saturated carbocycles. The molecule has 1 aromatic rings. The van der Waals surface area contributed by atoms with Gasteiger partial charge < -0.3 is 0 Å². The lowest BCUT2D eigenvalue weighted by molar-refractivity contribution is -0.115. The minimum atomic E-state index is 0.313. The summed E-state index contributed by atoms with van der Waals surface area (Å²) >= 11 is 1.61. The molecule has 0 amide bonds. The summed E-state index contributed by atoms with van der Waals surface area (Å²) < 4.78 is 0. The lowest BCUT2D eigenvalue weighted by Gasteiger charge is -2.09. The van der Waals surface area contributed by atoms with Crippen LogP contribution in [0.15, 0.2) is 46.2 Å². The third-order valence-corrected chi connectivity index (χ3v) is 3.81. The Balaban J connectivity index is 2.09. The molecular formula is C14H16OS. The van der Waals surface area contributed by atoms with E-state index in [1.165, 1.54) is 12.8 Å². The van der Waals surface area contributed by atoms with Crippen LogP contribution in [-0.4, -0.2) is 5.78 Å². The van der Waals surface area contributed by atoms with Crippen molar-refractivity contribution in [1.29, 1.82) is 0 Å². The Hall–Kier alpha value is -1.02. The number of hydrogen-bond donors (Lipinski definition) is 0. The van der Waals surface area contributed by atoms with Crippen LogP contribution in [-0.2, 0) is 4.79 Å².